The maximum Gasteiger partial charge on any atom is 0.273 e. The molecule has 1 aliphatic carbocycles. The van der Waals surface area contributed by atoms with E-state index in [4.69, 9.17) is 5.73 Å². The first-order valence-electron chi connectivity index (χ1n) is 5.14. The molecule has 0 aliphatic heterocycles. The molecular formula is C10H16ClN3OS. The Balaban J connectivity index is 0.00000128. The van der Waals surface area contributed by atoms with Gasteiger partial charge in [-0.15, -0.1) is 23.7 Å². The number of amides is 1. The van der Waals surface area contributed by atoms with Gasteiger partial charge in [-0.05, 0) is 19.3 Å². The molecule has 1 fully saturated rings. The molecule has 2 N–H and O–H groups in total. The fourth-order valence-electron chi connectivity index (χ4n) is 1.62. The Morgan fingerprint density at radius 2 is 2.38 bits per heavy atom. The van der Waals surface area contributed by atoms with E-state index in [0.717, 1.165) is 17.8 Å². The third-order valence-electron chi connectivity index (χ3n) is 2.89. The van der Waals surface area contributed by atoms with E-state index in [2.05, 4.69) is 4.98 Å². The van der Waals surface area contributed by atoms with Crippen LogP contribution in [0.2, 0.25) is 0 Å². The number of hydrogen-bond donors (Lipinski definition) is 1. The average Bonchev–Trinajstić information content (AvgIpc) is 2.61. The summed E-state index contributed by atoms with van der Waals surface area (Å²) in [6.45, 7) is 0.408. The van der Waals surface area contributed by atoms with Crippen molar-refractivity contribution >= 4 is 29.7 Å². The van der Waals surface area contributed by atoms with Crippen LogP contribution in [0.5, 0.6) is 0 Å². The van der Waals surface area contributed by atoms with Crippen LogP contribution in [0.4, 0.5) is 0 Å². The van der Waals surface area contributed by atoms with Crippen molar-refractivity contribution in [3.63, 3.8) is 0 Å². The third-order valence-corrected chi connectivity index (χ3v) is 3.76. The molecule has 0 unspecified atom stereocenters. The second-order valence-electron chi connectivity index (χ2n) is 3.83. The molecule has 4 nitrogen and oxygen atoms in total. The minimum absolute atomic E-state index is 0. The van der Waals surface area contributed by atoms with Gasteiger partial charge in [0, 0.05) is 25.0 Å². The van der Waals surface area contributed by atoms with Crippen LogP contribution in [-0.2, 0) is 6.54 Å². The van der Waals surface area contributed by atoms with E-state index < -0.39 is 0 Å². The van der Waals surface area contributed by atoms with E-state index >= 15 is 0 Å². The van der Waals surface area contributed by atoms with Gasteiger partial charge in [0.2, 0.25) is 0 Å². The zero-order valence-electron chi connectivity index (χ0n) is 9.18. The van der Waals surface area contributed by atoms with Crippen LogP contribution >= 0.6 is 23.7 Å². The van der Waals surface area contributed by atoms with Crippen LogP contribution in [0.15, 0.2) is 5.38 Å². The first-order valence-corrected chi connectivity index (χ1v) is 6.02. The van der Waals surface area contributed by atoms with E-state index in [9.17, 15) is 4.79 Å². The number of nitrogens with two attached hydrogens (primary N) is 1. The second-order valence-corrected chi connectivity index (χ2v) is 4.77. The van der Waals surface area contributed by atoms with Gasteiger partial charge in [-0.2, -0.15) is 0 Å². The van der Waals surface area contributed by atoms with Crippen molar-refractivity contribution in [3.8, 4) is 0 Å². The van der Waals surface area contributed by atoms with Crippen LogP contribution in [0.3, 0.4) is 0 Å². The number of aromatic nitrogens is 1. The molecule has 90 valence electrons. The Labute approximate surface area is 105 Å². The molecule has 16 heavy (non-hydrogen) atoms. The van der Waals surface area contributed by atoms with E-state index in [1.165, 1.54) is 17.8 Å². The van der Waals surface area contributed by atoms with E-state index in [0.29, 0.717) is 18.3 Å². The highest BCUT2D eigenvalue weighted by atomic mass is 35.5. The van der Waals surface area contributed by atoms with E-state index in [1.54, 1.807) is 10.3 Å². The smallest absolute Gasteiger partial charge is 0.273 e. The molecule has 0 atom stereocenters. The van der Waals surface area contributed by atoms with Crippen LogP contribution in [0.25, 0.3) is 0 Å². The summed E-state index contributed by atoms with van der Waals surface area (Å²) in [6, 6.07) is 0.417. The standard InChI is InChI=1S/C10H15N3OS.ClH/c1-13(7-3-2-4-7)10(14)8-6-15-9(5-11)12-8;/h6-7H,2-5,11H2,1H3;1H. The Morgan fingerprint density at radius 1 is 1.69 bits per heavy atom. The summed E-state index contributed by atoms with van der Waals surface area (Å²) >= 11 is 1.45. The van der Waals surface area contributed by atoms with Gasteiger partial charge in [0.1, 0.15) is 10.7 Å². The van der Waals surface area contributed by atoms with Gasteiger partial charge in [0.15, 0.2) is 0 Å². The van der Waals surface area contributed by atoms with Crippen LogP contribution < -0.4 is 5.73 Å². The molecule has 0 spiro atoms. The minimum atomic E-state index is 0. The number of carbonyl (C=O) groups excluding carboxylic acids is 1. The number of rotatable bonds is 3. The molecule has 1 aromatic rings. The summed E-state index contributed by atoms with van der Waals surface area (Å²) in [4.78, 5) is 17.9. The van der Waals surface area contributed by atoms with Crippen LogP contribution in [0, 0.1) is 0 Å². The zero-order chi connectivity index (χ0) is 10.8. The lowest BCUT2D eigenvalue weighted by atomic mass is 9.92. The molecule has 0 radical (unpaired) electrons. The van der Waals surface area contributed by atoms with Gasteiger partial charge in [-0.3, -0.25) is 4.79 Å². The van der Waals surface area contributed by atoms with Gasteiger partial charge >= 0.3 is 0 Å². The van der Waals surface area contributed by atoms with Gasteiger partial charge in [0.25, 0.3) is 5.91 Å². The van der Waals surface area contributed by atoms with Crippen molar-refractivity contribution < 1.29 is 4.79 Å². The van der Waals surface area contributed by atoms with Crippen molar-refractivity contribution in [1.29, 1.82) is 0 Å². The summed E-state index contributed by atoms with van der Waals surface area (Å²) < 4.78 is 0. The predicted molar refractivity (Wildman–Crippen MR) is 67.0 cm³/mol. The molecule has 1 amide bonds. The van der Waals surface area contributed by atoms with Crippen LogP contribution in [0.1, 0.15) is 34.8 Å². The van der Waals surface area contributed by atoms with E-state index in [-0.39, 0.29) is 18.3 Å². The molecule has 0 bridgehead atoms. The van der Waals surface area contributed by atoms with Crippen molar-refractivity contribution in [2.45, 2.75) is 31.8 Å². The van der Waals surface area contributed by atoms with Gasteiger partial charge in [-0.25, -0.2) is 4.98 Å². The van der Waals surface area contributed by atoms with Crippen molar-refractivity contribution in [1.82, 2.24) is 9.88 Å². The van der Waals surface area contributed by atoms with Gasteiger partial charge in [0.05, 0.1) is 0 Å². The topological polar surface area (TPSA) is 59.2 Å². The summed E-state index contributed by atoms with van der Waals surface area (Å²) in [5, 5.41) is 2.61. The maximum atomic E-state index is 11.9. The lowest BCUT2D eigenvalue weighted by Crippen LogP contribution is -2.41. The lowest BCUT2D eigenvalue weighted by molar-refractivity contribution is 0.0646. The molecule has 2 rings (SSSR count). The van der Waals surface area contributed by atoms with Gasteiger partial charge in [-0.1, -0.05) is 0 Å². The van der Waals surface area contributed by atoms with E-state index in [1.807, 2.05) is 7.05 Å². The molecule has 1 heterocycles. The largest absolute Gasteiger partial charge is 0.337 e. The molecule has 1 aromatic heterocycles. The molecule has 6 heteroatoms. The van der Waals surface area contributed by atoms with Crippen molar-refractivity contribution in [3.05, 3.63) is 16.1 Å². The second kappa shape index (κ2) is 5.61. The van der Waals surface area contributed by atoms with Gasteiger partial charge < -0.3 is 10.6 Å². The number of nitrogens with zero attached hydrogens (tertiary/aromatic N) is 2. The highest BCUT2D eigenvalue weighted by Gasteiger charge is 2.27. The maximum absolute atomic E-state index is 11.9. The summed E-state index contributed by atoms with van der Waals surface area (Å²) in [5.41, 5.74) is 6.00. The summed E-state index contributed by atoms with van der Waals surface area (Å²) in [7, 11) is 1.85. The highest BCUT2D eigenvalue weighted by molar-refractivity contribution is 7.09. The Bertz CT molecular complexity index is 365. The van der Waals surface area contributed by atoms with Crippen LogP contribution in [-0.4, -0.2) is 28.9 Å². The Morgan fingerprint density at radius 3 is 2.81 bits per heavy atom. The SMILES string of the molecule is CN(C(=O)c1csc(CN)n1)C1CCC1.Cl. The predicted octanol–water partition coefficient (Wildman–Crippen LogP) is 1.65. The quantitative estimate of drug-likeness (QED) is 0.900. The lowest BCUT2D eigenvalue weighted by Gasteiger charge is -2.34. The fraction of sp³-hybridized carbons (Fsp3) is 0.600. The molecule has 1 saturated carbocycles. The Kier molecular flexibility index (Phi) is 4.70. The highest BCUT2D eigenvalue weighted by Crippen LogP contribution is 2.25. The molecule has 0 aromatic carbocycles. The third kappa shape index (κ3) is 2.53. The number of halogens is 1. The molecule has 1 aliphatic rings. The zero-order valence-corrected chi connectivity index (χ0v) is 10.8. The average molecular weight is 262 g/mol. The molecule has 0 saturated heterocycles. The van der Waals surface area contributed by atoms with Crippen molar-refractivity contribution in [2.75, 3.05) is 7.05 Å². The fourth-order valence-corrected chi connectivity index (χ4v) is 2.27. The monoisotopic (exact) mass is 261 g/mol. The summed E-state index contributed by atoms with van der Waals surface area (Å²) in [6.07, 6.45) is 3.47. The van der Waals surface area contributed by atoms with Crippen molar-refractivity contribution in [2.24, 2.45) is 5.73 Å². The first-order chi connectivity index (χ1) is 7.22. The minimum Gasteiger partial charge on any atom is -0.337 e. The normalized spacial score (nSPS) is 15.1. The Hall–Kier alpha value is -0.650. The number of thiazole rings is 1. The number of carbonyl (C=O) groups is 1. The first kappa shape index (κ1) is 13.4. The number of hydrogen-bond acceptors (Lipinski definition) is 4. The molecular weight excluding hydrogens is 246 g/mol. The summed E-state index contributed by atoms with van der Waals surface area (Å²) in [5.74, 6) is 0.0237.